The van der Waals surface area contributed by atoms with Crippen LogP contribution in [0, 0.1) is 0 Å². The van der Waals surface area contributed by atoms with Gasteiger partial charge >= 0.3 is 5.97 Å². The van der Waals surface area contributed by atoms with Crippen LogP contribution >= 0.6 is 25.3 Å². The highest BCUT2D eigenvalue weighted by atomic mass is 32.1. The summed E-state index contributed by atoms with van der Waals surface area (Å²) in [6.07, 6.45) is 0.713. The lowest BCUT2D eigenvalue weighted by atomic mass is 10.1. The van der Waals surface area contributed by atoms with Gasteiger partial charge in [0.25, 0.3) is 0 Å². The molecular formula is C15H29N7O6S2. The summed E-state index contributed by atoms with van der Waals surface area (Å²) < 4.78 is 0. The molecule has 4 atom stereocenters. The molecule has 4 unspecified atom stereocenters. The number of nitrogens with one attached hydrogen (secondary N) is 3. The van der Waals surface area contributed by atoms with Crippen LogP contribution in [-0.4, -0.2) is 88.7 Å². The molecular weight excluding hydrogens is 438 g/mol. The SMILES string of the molecule is NC(N)=NCCCC(N)C(=O)NC(CS)C(=O)NC(CS)C(=O)NC(CO)C(=O)O. The first-order valence-electron chi connectivity index (χ1n) is 8.84. The summed E-state index contributed by atoms with van der Waals surface area (Å²) in [6, 6.07) is -4.76. The highest BCUT2D eigenvalue weighted by Gasteiger charge is 2.28. The number of rotatable bonds is 14. The fourth-order valence-corrected chi connectivity index (χ4v) is 2.56. The highest BCUT2D eigenvalue weighted by Crippen LogP contribution is 1.99. The van der Waals surface area contributed by atoms with Gasteiger partial charge in [0, 0.05) is 18.1 Å². The average Bonchev–Trinajstić information content (AvgIpc) is 2.70. The number of carbonyl (C=O) groups excluding carboxylic acids is 3. The molecule has 15 heteroatoms. The van der Waals surface area contributed by atoms with E-state index in [1.807, 2.05) is 0 Å². The lowest BCUT2D eigenvalue weighted by molar-refractivity contribution is -0.143. The van der Waals surface area contributed by atoms with Crippen LogP contribution in [0.25, 0.3) is 0 Å². The number of nitrogens with zero attached hydrogens (tertiary/aromatic N) is 1. The van der Waals surface area contributed by atoms with E-state index in [-0.39, 0.29) is 23.9 Å². The Morgan fingerprint density at radius 2 is 1.37 bits per heavy atom. The molecule has 0 aromatic carbocycles. The third-order valence-corrected chi connectivity index (χ3v) is 4.46. The van der Waals surface area contributed by atoms with Gasteiger partial charge in [-0.25, -0.2) is 4.79 Å². The Morgan fingerprint density at radius 3 is 1.77 bits per heavy atom. The maximum Gasteiger partial charge on any atom is 0.328 e. The molecule has 0 aromatic heterocycles. The van der Waals surface area contributed by atoms with Gasteiger partial charge in [0.05, 0.1) is 12.6 Å². The molecule has 0 spiro atoms. The number of aliphatic carboxylic acids is 1. The molecule has 0 aromatic rings. The average molecular weight is 468 g/mol. The number of hydrogen-bond donors (Lipinski definition) is 10. The van der Waals surface area contributed by atoms with Gasteiger partial charge in [-0.2, -0.15) is 25.3 Å². The predicted octanol–water partition coefficient (Wildman–Crippen LogP) is -4.24. The molecule has 3 amide bonds. The highest BCUT2D eigenvalue weighted by molar-refractivity contribution is 7.80. The molecule has 0 aliphatic heterocycles. The number of carboxylic acids is 1. The third kappa shape index (κ3) is 10.5. The molecule has 30 heavy (non-hydrogen) atoms. The number of nitrogens with two attached hydrogens (primary N) is 3. The van der Waals surface area contributed by atoms with Crippen molar-refractivity contribution < 1.29 is 29.4 Å². The van der Waals surface area contributed by atoms with Crippen molar-refractivity contribution >= 4 is 54.9 Å². The van der Waals surface area contributed by atoms with Crippen LogP contribution < -0.4 is 33.2 Å². The normalized spacial score (nSPS) is 14.5. The summed E-state index contributed by atoms with van der Waals surface area (Å²) in [4.78, 5) is 51.3. The Hall–Kier alpha value is -2.23. The summed E-state index contributed by atoms with van der Waals surface area (Å²) in [5.41, 5.74) is 16.2. The molecule has 0 fully saturated rings. The topological polar surface area (TPSA) is 235 Å². The van der Waals surface area contributed by atoms with Gasteiger partial charge in [-0.05, 0) is 12.8 Å². The van der Waals surface area contributed by atoms with Gasteiger partial charge in [-0.1, -0.05) is 0 Å². The zero-order valence-electron chi connectivity index (χ0n) is 16.2. The van der Waals surface area contributed by atoms with Crippen molar-refractivity contribution in [3.8, 4) is 0 Å². The number of aliphatic hydroxyl groups excluding tert-OH is 1. The van der Waals surface area contributed by atoms with E-state index in [2.05, 4.69) is 46.2 Å². The van der Waals surface area contributed by atoms with Crippen LogP contribution in [0.15, 0.2) is 4.99 Å². The van der Waals surface area contributed by atoms with E-state index < -0.39 is 54.5 Å². The van der Waals surface area contributed by atoms with Gasteiger partial charge in [0.15, 0.2) is 5.96 Å². The summed E-state index contributed by atoms with van der Waals surface area (Å²) in [5.74, 6) is -3.97. The number of amides is 3. The summed E-state index contributed by atoms with van der Waals surface area (Å²) in [5, 5.41) is 24.7. The molecule has 0 bridgehead atoms. The van der Waals surface area contributed by atoms with Gasteiger partial charge in [0.2, 0.25) is 17.7 Å². The van der Waals surface area contributed by atoms with Crippen molar-refractivity contribution in [2.45, 2.75) is 37.0 Å². The van der Waals surface area contributed by atoms with Crippen LogP contribution in [0.4, 0.5) is 0 Å². The van der Waals surface area contributed by atoms with Crippen LogP contribution in [0.3, 0.4) is 0 Å². The fourth-order valence-electron chi connectivity index (χ4n) is 2.05. The Labute approximate surface area is 184 Å². The van der Waals surface area contributed by atoms with Crippen LogP contribution in [0.1, 0.15) is 12.8 Å². The standard InChI is InChI=1S/C15H29N7O6S2/c16-7(2-1-3-19-15(17)18)11(24)21-9(5-29)13(26)22-10(6-30)12(25)20-8(4-23)14(27)28/h7-10,23,29-30H,1-6,16H2,(H,20,25)(H,21,24)(H,22,26)(H,27,28)(H4,17,18,19). The summed E-state index contributed by atoms with van der Waals surface area (Å²) in [6.45, 7) is -0.533. The molecule has 0 saturated carbocycles. The van der Waals surface area contributed by atoms with E-state index in [1.54, 1.807) is 0 Å². The Kier molecular flexibility index (Phi) is 13.6. The maximum absolute atomic E-state index is 12.4. The smallest absolute Gasteiger partial charge is 0.328 e. The Morgan fingerprint density at radius 1 is 0.900 bits per heavy atom. The van der Waals surface area contributed by atoms with Crippen LogP contribution in [-0.2, 0) is 19.2 Å². The Bertz CT molecular complexity index is 633. The van der Waals surface area contributed by atoms with Gasteiger partial charge in [-0.3, -0.25) is 19.4 Å². The molecule has 0 aliphatic rings. The molecule has 13 nitrogen and oxygen atoms in total. The van der Waals surface area contributed by atoms with E-state index in [0.29, 0.717) is 13.0 Å². The van der Waals surface area contributed by atoms with E-state index in [9.17, 15) is 19.2 Å². The number of hydrogen-bond acceptors (Lipinski definition) is 9. The molecule has 11 N–H and O–H groups in total. The van der Waals surface area contributed by atoms with Crippen molar-refractivity contribution in [2.24, 2.45) is 22.2 Å². The van der Waals surface area contributed by atoms with E-state index >= 15 is 0 Å². The van der Waals surface area contributed by atoms with Crippen molar-refractivity contribution in [1.82, 2.24) is 16.0 Å². The number of aliphatic imine (C=N–C) groups is 1. The first-order valence-corrected chi connectivity index (χ1v) is 10.1. The predicted molar refractivity (Wildman–Crippen MR) is 116 cm³/mol. The Balaban J connectivity index is 4.79. The number of aliphatic hydroxyl groups is 1. The van der Waals surface area contributed by atoms with Gasteiger partial charge < -0.3 is 43.4 Å². The van der Waals surface area contributed by atoms with Crippen molar-refractivity contribution in [1.29, 1.82) is 0 Å². The number of carboxylic acid groups (broad SMARTS) is 1. The third-order valence-electron chi connectivity index (χ3n) is 3.73. The minimum Gasteiger partial charge on any atom is -0.480 e. The number of thiol groups is 2. The fraction of sp³-hybridized carbons (Fsp3) is 0.667. The van der Waals surface area contributed by atoms with E-state index in [4.69, 9.17) is 27.4 Å². The summed E-state index contributed by atoms with van der Waals surface area (Å²) in [7, 11) is 0. The molecule has 0 aliphatic carbocycles. The molecule has 0 rings (SSSR count). The lowest BCUT2D eigenvalue weighted by Crippen LogP contribution is -2.58. The molecule has 0 saturated heterocycles. The largest absolute Gasteiger partial charge is 0.480 e. The minimum absolute atomic E-state index is 0.0729. The van der Waals surface area contributed by atoms with Crippen molar-refractivity contribution in [2.75, 3.05) is 24.7 Å². The molecule has 172 valence electrons. The van der Waals surface area contributed by atoms with Gasteiger partial charge in [-0.15, -0.1) is 0 Å². The zero-order valence-corrected chi connectivity index (χ0v) is 17.9. The first-order chi connectivity index (χ1) is 14.1. The zero-order chi connectivity index (χ0) is 23.3. The lowest BCUT2D eigenvalue weighted by Gasteiger charge is -2.23. The maximum atomic E-state index is 12.4. The quantitative estimate of drug-likeness (QED) is 0.0514. The summed E-state index contributed by atoms with van der Waals surface area (Å²) >= 11 is 7.97. The molecule has 0 heterocycles. The van der Waals surface area contributed by atoms with E-state index in [1.165, 1.54) is 0 Å². The van der Waals surface area contributed by atoms with Crippen molar-refractivity contribution in [3.63, 3.8) is 0 Å². The number of guanidine groups is 1. The minimum atomic E-state index is -1.53. The number of carbonyl (C=O) groups is 4. The van der Waals surface area contributed by atoms with Crippen LogP contribution in [0.5, 0.6) is 0 Å². The monoisotopic (exact) mass is 467 g/mol. The second kappa shape index (κ2) is 14.7. The second-order valence-corrected chi connectivity index (χ2v) is 6.86. The second-order valence-electron chi connectivity index (χ2n) is 6.12. The first kappa shape index (κ1) is 27.8. The van der Waals surface area contributed by atoms with E-state index in [0.717, 1.165) is 0 Å². The molecule has 0 radical (unpaired) electrons. The van der Waals surface area contributed by atoms with Gasteiger partial charge in [0.1, 0.15) is 18.1 Å². The van der Waals surface area contributed by atoms with Crippen LogP contribution in [0.2, 0.25) is 0 Å². The van der Waals surface area contributed by atoms with Crippen molar-refractivity contribution in [3.05, 3.63) is 0 Å².